The quantitative estimate of drug-likeness (QED) is 0.647. The second-order valence-electron chi connectivity index (χ2n) is 7.84. The smallest absolute Gasteiger partial charge is 0.253 e. The third kappa shape index (κ3) is 4.12. The van der Waals surface area contributed by atoms with E-state index >= 15 is 0 Å². The Balaban J connectivity index is 1.28. The molecule has 1 atom stereocenters. The molecular weight excluding hydrogens is 406 g/mol. The van der Waals surface area contributed by atoms with Crippen LogP contribution < -0.4 is 20.3 Å². The Morgan fingerprint density at radius 2 is 2.06 bits per heavy atom. The number of aryl methyl sites for hydroxylation is 1. The van der Waals surface area contributed by atoms with E-state index in [1.807, 2.05) is 36.4 Å². The lowest BCUT2D eigenvalue weighted by Crippen LogP contribution is -2.40. The molecule has 0 spiro atoms. The minimum Gasteiger partial charge on any atom is -0.488 e. The number of benzene rings is 1. The summed E-state index contributed by atoms with van der Waals surface area (Å²) in [5.41, 5.74) is 2.92. The van der Waals surface area contributed by atoms with Gasteiger partial charge in [0, 0.05) is 12.4 Å². The number of carbonyl (C=O) groups is 2. The van der Waals surface area contributed by atoms with E-state index in [0.717, 1.165) is 24.3 Å². The number of ether oxygens (including phenoxy) is 1. The molecule has 2 aliphatic heterocycles. The molecular formula is C24H23N5O3. The Labute approximate surface area is 185 Å². The summed E-state index contributed by atoms with van der Waals surface area (Å²) in [5, 5.41) is 5.95. The van der Waals surface area contributed by atoms with E-state index in [1.165, 1.54) is 11.8 Å². The highest BCUT2D eigenvalue weighted by molar-refractivity contribution is 6.04. The van der Waals surface area contributed by atoms with Crippen molar-refractivity contribution in [1.82, 2.24) is 15.3 Å². The van der Waals surface area contributed by atoms with Crippen molar-refractivity contribution in [1.29, 1.82) is 0 Å². The minimum absolute atomic E-state index is 0.0802. The van der Waals surface area contributed by atoms with Crippen LogP contribution in [0.3, 0.4) is 0 Å². The van der Waals surface area contributed by atoms with Crippen molar-refractivity contribution < 1.29 is 14.3 Å². The van der Waals surface area contributed by atoms with Crippen molar-refractivity contribution in [3.63, 3.8) is 0 Å². The van der Waals surface area contributed by atoms with Crippen LogP contribution in [0.4, 0.5) is 11.5 Å². The summed E-state index contributed by atoms with van der Waals surface area (Å²) in [6.07, 6.45) is 4.90. The number of anilines is 2. The van der Waals surface area contributed by atoms with Crippen LogP contribution >= 0.6 is 0 Å². The summed E-state index contributed by atoms with van der Waals surface area (Å²) >= 11 is 0. The molecule has 2 aliphatic rings. The van der Waals surface area contributed by atoms with Gasteiger partial charge in [0.1, 0.15) is 11.9 Å². The predicted molar refractivity (Wildman–Crippen MR) is 120 cm³/mol. The van der Waals surface area contributed by atoms with Gasteiger partial charge in [-0.15, -0.1) is 0 Å². The Morgan fingerprint density at radius 1 is 1.19 bits per heavy atom. The number of nitrogens with zero attached hydrogens (tertiary/aromatic N) is 3. The maximum Gasteiger partial charge on any atom is 0.253 e. The molecule has 0 radical (unpaired) electrons. The maximum absolute atomic E-state index is 12.8. The number of aromatic nitrogens is 2. The largest absolute Gasteiger partial charge is 0.488 e. The molecule has 8 heteroatoms. The van der Waals surface area contributed by atoms with Crippen molar-refractivity contribution in [2.45, 2.75) is 25.5 Å². The Hall–Kier alpha value is -3.94. The zero-order valence-electron chi connectivity index (χ0n) is 17.5. The third-order valence-electron chi connectivity index (χ3n) is 5.67. The van der Waals surface area contributed by atoms with Gasteiger partial charge in [0.05, 0.1) is 36.6 Å². The van der Waals surface area contributed by atoms with Crippen molar-refractivity contribution in [3.05, 3.63) is 77.7 Å². The number of rotatable bonds is 5. The highest BCUT2D eigenvalue weighted by atomic mass is 16.5. The van der Waals surface area contributed by atoms with E-state index in [9.17, 15) is 9.59 Å². The molecule has 1 aromatic carbocycles. The molecule has 32 heavy (non-hydrogen) atoms. The van der Waals surface area contributed by atoms with Gasteiger partial charge in [0.2, 0.25) is 5.91 Å². The van der Waals surface area contributed by atoms with Crippen molar-refractivity contribution in [2.75, 3.05) is 23.3 Å². The lowest BCUT2D eigenvalue weighted by atomic mass is 10.0. The molecule has 0 bridgehead atoms. The van der Waals surface area contributed by atoms with Crippen LogP contribution in [-0.4, -0.2) is 41.0 Å². The summed E-state index contributed by atoms with van der Waals surface area (Å²) < 4.78 is 6.01. The fourth-order valence-electron chi connectivity index (χ4n) is 3.97. The monoisotopic (exact) mass is 429 g/mol. The SMILES string of the molecule is O=C(NC[C@H]1CCc2ccccc2O1)c1cnc2c(c1)N(Cc1ccccn1)C(=O)CN2. The highest BCUT2D eigenvalue weighted by Crippen LogP contribution is 2.30. The van der Waals surface area contributed by atoms with E-state index in [0.29, 0.717) is 30.2 Å². The highest BCUT2D eigenvalue weighted by Gasteiger charge is 2.27. The number of hydrogen-bond donors (Lipinski definition) is 2. The van der Waals surface area contributed by atoms with Crippen LogP contribution in [0.5, 0.6) is 5.75 Å². The first-order chi connectivity index (χ1) is 15.7. The number of hydrogen-bond acceptors (Lipinski definition) is 6. The molecule has 0 fully saturated rings. The summed E-state index contributed by atoms with van der Waals surface area (Å²) in [7, 11) is 0. The fourth-order valence-corrected chi connectivity index (χ4v) is 3.97. The van der Waals surface area contributed by atoms with Gasteiger partial charge in [-0.05, 0) is 42.7 Å². The summed E-state index contributed by atoms with van der Waals surface area (Å²) in [6.45, 7) is 0.869. The summed E-state index contributed by atoms with van der Waals surface area (Å²) in [5.74, 6) is 1.10. The first-order valence-corrected chi connectivity index (χ1v) is 10.6. The van der Waals surface area contributed by atoms with Crippen LogP contribution in [0, 0.1) is 0 Å². The zero-order chi connectivity index (χ0) is 21.9. The molecule has 0 unspecified atom stereocenters. The summed E-state index contributed by atoms with van der Waals surface area (Å²) in [6, 6.07) is 15.2. The molecule has 2 N–H and O–H groups in total. The first-order valence-electron chi connectivity index (χ1n) is 10.6. The van der Waals surface area contributed by atoms with E-state index in [2.05, 4.69) is 26.7 Å². The Kier molecular flexibility index (Phi) is 5.41. The Morgan fingerprint density at radius 3 is 2.94 bits per heavy atom. The molecule has 2 aromatic heterocycles. The molecule has 0 saturated heterocycles. The molecule has 3 aromatic rings. The van der Waals surface area contributed by atoms with E-state index in [1.54, 1.807) is 17.2 Å². The lowest BCUT2D eigenvalue weighted by Gasteiger charge is -2.29. The van der Waals surface area contributed by atoms with E-state index in [4.69, 9.17) is 4.74 Å². The molecule has 0 saturated carbocycles. The van der Waals surface area contributed by atoms with Crippen LogP contribution in [0.1, 0.15) is 28.0 Å². The average molecular weight is 429 g/mol. The zero-order valence-corrected chi connectivity index (χ0v) is 17.5. The van der Waals surface area contributed by atoms with Crippen molar-refractivity contribution >= 4 is 23.3 Å². The van der Waals surface area contributed by atoms with Gasteiger partial charge < -0.3 is 20.3 Å². The van der Waals surface area contributed by atoms with Crippen molar-refractivity contribution in [2.24, 2.45) is 0 Å². The van der Waals surface area contributed by atoms with Gasteiger partial charge in [0.25, 0.3) is 5.91 Å². The van der Waals surface area contributed by atoms with Gasteiger partial charge in [-0.25, -0.2) is 4.98 Å². The van der Waals surface area contributed by atoms with Crippen LogP contribution in [0.2, 0.25) is 0 Å². The standard InChI is InChI=1S/C24H23N5O3/c30-22-14-27-23-20(29(22)15-18-6-3-4-10-25-18)11-17(12-26-23)24(31)28-13-19-9-8-16-5-1-2-7-21(16)32-19/h1-7,10-12,19H,8-9,13-15H2,(H,26,27)(H,28,31)/t19-/m1/s1. The van der Waals surface area contributed by atoms with Crippen LogP contribution in [0.15, 0.2) is 60.9 Å². The topological polar surface area (TPSA) is 96.4 Å². The molecule has 5 rings (SSSR count). The van der Waals surface area contributed by atoms with Gasteiger partial charge in [-0.1, -0.05) is 24.3 Å². The number of amides is 2. The molecule has 8 nitrogen and oxygen atoms in total. The van der Waals surface area contributed by atoms with Gasteiger partial charge in [-0.3, -0.25) is 14.6 Å². The fraction of sp³-hybridized carbons (Fsp3) is 0.250. The van der Waals surface area contributed by atoms with Gasteiger partial charge in [-0.2, -0.15) is 0 Å². The molecule has 0 aliphatic carbocycles. The maximum atomic E-state index is 12.8. The second kappa shape index (κ2) is 8.66. The Bertz CT molecular complexity index is 1150. The third-order valence-corrected chi connectivity index (χ3v) is 5.67. The number of nitrogens with one attached hydrogen (secondary N) is 2. The predicted octanol–water partition coefficient (Wildman–Crippen LogP) is 2.56. The normalized spacial score (nSPS) is 16.9. The van der Waals surface area contributed by atoms with Crippen molar-refractivity contribution in [3.8, 4) is 5.75 Å². The van der Waals surface area contributed by atoms with E-state index in [-0.39, 0.29) is 24.5 Å². The first kappa shape index (κ1) is 20.0. The number of fused-ring (bicyclic) bond motifs is 2. The lowest BCUT2D eigenvalue weighted by molar-refractivity contribution is -0.117. The van der Waals surface area contributed by atoms with Gasteiger partial charge in [0.15, 0.2) is 5.82 Å². The second-order valence-corrected chi connectivity index (χ2v) is 7.84. The molecule has 162 valence electrons. The number of pyridine rings is 2. The van der Waals surface area contributed by atoms with E-state index < -0.39 is 0 Å². The molecule has 4 heterocycles. The summed E-state index contributed by atoms with van der Waals surface area (Å²) in [4.78, 5) is 35.7. The van der Waals surface area contributed by atoms with Crippen LogP contribution in [0.25, 0.3) is 0 Å². The minimum atomic E-state index is -0.251. The average Bonchev–Trinajstić information content (AvgIpc) is 2.84. The number of carbonyl (C=O) groups excluding carboxylic acids is 2. The molecule has 2 amide bonds. The van der Waals surface area contributed by atoms with Gasteiger partial charge >= 0.3 is 0 Å². The number of para-hydroxylation sites is 1. The van der Waals surface area contributed by atoms with Crippen LogP contribution in [-0.2, 0) is 17.8 Å².